The minimum atomic E-state index is -4.01. The van der Waals surface area contributed by atoms with Crippen LogP contribution in [0.3, 0.4) is 0 Å². The average molecular weight is 340 g/mol. The standard InChI is InChI=1S/C12H15Cl2NO4S/c1-3-6-15-12(16)8(2)19-10-5-4-9(13)7-11(10)20(14,17)18/h4-5,7-8H,3,6H2,1-2H3,(H,15,16). The van der Waals surface area contributed by atoms with Crippen molar-refractivity contribution in [3.63, 3.8) is 0 Å². The Labute approximate surface area is 127 Å². The Kier molecular flexibility index (Phi) is 6.10. The lowest BCUT2D eigenvalue weighted by molar-refractivity contribution is -0.127. The summed E-state index contributed by atoms with van der Waals surface area (Å²) in [6.45, 7) is 3.96. The fraction of sp³-hybridized carbons (Fsp3) is 0.417. The molecular weight excluding hydrogens is 325 g/mol. The summed E-state index contributed by atoms with van der Waals surface area (Å²) in [5, 5.41) is 2.86. The number of nitrogens with one attached hydrogen (secondary N) is 1. The van der Waals surface area contributed by atoms with Gasteiger partial charge in [0, 0.05) is 22.2 Å². The van der Waals surface area contributed by atoms with Crippen molar-refractivity contribution in [3.8, 4) is 5.75 Å². The summed E-state index contributed by atoms with van der Waals surface area (Å²) in [5.74, 6) is -0.344. The number of ether oxygens (including phenoxy) is 1. The molecule has 0 saturated heterocycles. The third-order valence-corrected chi connectivity index (χ3v) is 3.97. The maximum atomic E-state index is 11.7. The van der Waals surface area contributed by atoms with Crippen LogP contribution in [-0.4, -0.2) is 27.0 Å². The highest BCUT2D eigenvalue weighted by molar-refractivity contribution is 8.13. The number of hydrogen-bond donors (Lipinski definition) is 1. The van der Waals surface area contributed by atoms with Crippen molar-refractivity contribution < 1.29 is 17.9 Å². The highest BCUT2D eigenvalue weighted by Crippen LogP contribution is 2.30. The van der Waals surface area contributed by atoms with Crippen molar-refractivity contribution >= 4 is 37.2 Å². The van der Waals surface area contributed by atoms with Gasteiger partial charge >= 0.3 is 0 Å². The van der Waals surface area contributed by atoms with E-state index in [4.69, 9.17) is 27.0 Å². The maximum absolute atomic E-state index is 11.7. The third kappa shape index (κ3) is 4.85. The monoisotopic (exact) mass is 339 g/mol. The summed E-state index contributed by atoms with van der Waals surface area (Å²) in [5.41, 5.74) is 0. The van der Waals surface area contributed by atoms with E-state index in [0.29, 0.717) is 6.54 Å². The molecule has 5 nitrogen and oxygen atoms in total. The predicted molar refractivity (Wildman–Crippen MR) is 77.9 cm³/mol. The molecule has 0 aliphatic heterocycles. The number of halogens is 2. The van der Waals surface area contributed by atoms with E-state index < -0.39 is 15.2 Å². The van der Waals surface area contributed by atoms with Gasteiger partial charge in [-0.25, -0.2) is 8.42 Å². The molecule has 1 unspecified atom stereocenters. The van der Waals surface area contributed by atoms with Crippen LogP contribution in [0.25, 0.3) is 0 Å². The van der Waals surface area contributed by atoms with Gasteiger partial charge in [0.15, 0.2) is 6.10 Å². The van der Waals surface area contributed by atoms with Crippen molar-refractivity contribution in [1.82, 2.24) is 5.32 Å². The van der Waals surface area contributed by atoms with Gasteiger partial charge in [-0.2, -0.15) is 0 Å². The van der Waals surface area contributed by atoms with E-state index in [-0.39, 0.29) is 21.6 Å². The van der Waals surface area contributed by atoms with Crippen molar-refractivity contribution in [3.05, 3.63) is 23.2 Å². The molecule has 0 radical (unpaired) electrons. The molecule has 0 saturated carbocycles. The minimum absolute atomic E-state index is 0.0106. The van der Waals surface area contributed by atoms with Crippen LogP contribution in [0.15, 0.2) is 23.1 Å². The molecule has 8 heteroatoms. The molecule has 1 rings (SSSR count). The van der Waals surface area contributed by atoms with Gasteiger partial charge in [0.05, 0.1) is 0 Å². The van der Waals surface area contributed by atoms with Gasteiger partial charge in [0.25, 0.3) is 15.0 Å². The van der Waals surface area contributed by atoms with Crippen molar-refractivity contribution in [2.24, 2.45) is 0 Å². The number of carbonyl (C=O) groups is 1. The highest BCUT2D eigenvalue weighted by atomic mass is 35.7. The quantitative estimate of drug-likeness (QED) is 0.808. The second kappa shape index (κ2) is 7.15. The Morgan fingerprint density at radius 3 is 2.65 bits per heavy atom. The molecule has 112 valence electrons. The van der Waals surface area contributed by atoms with Crippen LogP contribution in [0.2, 0.25) is 5.02 Å². The second-order valence-corrected chi connectivity index (χ2v) is 7.05. The van der Waals surface area contributed by atoms with Gasteiger partial charge in [-0.1, -0.05) is 18.5 Å². The molecule has 1 atom stereocenters. The summed E-state index contributed by atoms with van der Waals surface area (Å²) >= 11 is 5.73. The van der Waals surface area contributed by atoms with Crippen LogP contribution in [0.1, 0.15) is 20.3 Å². The van der Waals surface area contributed by atoms with Crippen LogP contribution in [0.4, 0.5) is 0 Å². The van der Waals surface area contributed by atoms with Crippen LogP contribution < -0.4 is 10.1 Å². The summed E-state index contributed by atoms with van der Waals surface area (Å²) in [6, 6.07) is 4.00. The summed E-state index contributed by atoms with van der Waals surface area (Å²) in [6.07, 6.45) is -0.0549. The van der Waals surface area contributed by atoms with E-state index in [9.17, 15) is 13.2 Å². The Balaban J connectivity index is 2.95. The van der Waals surface area contributed by atoms with Crippen LogP contribution in [0, 0.1) is 0 Å². The summed E-state index contributed by atoms with van der Waals surface area (Å²) in [7, 11) is 1.30. The molecular formula is C12H15Cl2NO4S. The normalized spacial score (nSPS) is 12.8. The van der Waals surface area contributed by atoms with Crippen LogP contribution in [-0.2, 0) is 13.8 Å². The van der Waals surface area contributed by atoms with E-state index in [1.54, 1.807) is 0 Å². The first-order valence-corrected chi connectivity index (χ1v) is 8.63. The van der Waals surface area contributed by atoms with Gasteiger partial charge < -0.3 is 10.1 Å². The topological polar surface area (TPSA) is 72.5 Å². The molecule has 0 aromatic heterocycles. The first-order chi connectivity index (χ1) is 9.25. The summed E-state index contributed by atoms with van der Waals surface area (Å²) < 4.78 is 28.3. The Morgan fingerprint density at radius 2 is 2.10 bits per heavy atom. The SMILES string of the molecule is CCCNC(=O)C(C)Oc1ccc(Cl)cc1S(=O)(=O)Cl. The van der Waals surface area contributed by atoms with Gasteiger partial charge in [0.1, 0.15) is 10.6 Å². The minimum Gasteiger partial charge on any atom is -0.479 e. The van der Waals surface area contributed by atoms with E-state index in [2.05, 4.69) is 5.32 Å². The number of carbonyl (C=O) groups excluding carboxylic acids is 1. The predicted octanol–water partition coefficient (Wildman–Crippen LogP) is 2.56. The Bertz CT molecular complexity index is 589. The molecule has 20 heavy (non-hydrogen) atoms. The number of rotatable bonds is 6. The largest absolute Gasteiger partial charge is 0.479 e. The number of benzene rings is 1. The zero-order valence-electron chi connectivity index (χ0n) is 11.0. The smallest absolute Gasteiger partial charge is 0.265 e. The van der Waals surface area contributed by atoms with E-state index in [1.165, 1.54) is 25.1 Å². The Morgan fingerprint density at radius 1 is 1.45 bits per heavy atom. The zero-order valence-corrected chi connectivity index (χ0v) is 13.3. The lowest BCUT2D eigenvalue weighted by atomic mass is 10.3. The summed E-state index contributed by atoms with van der Waals surface area (Å²) in [4.78, 5) is 11.4. The zero-order chi connectivity index (χ0) is 15.3. The van der Waals surface area contributed by atoms with Gasteiger partial charge in [0.2, 0.25) is 0 Å². The molecule has 1 aromatic rings. The molecule has 0 fully saturated rings. The van der Waals surface area contributed by atoms with Crippen molar-refractivity contribution in [2.45, 2.75) is 31.3 Å². The van der Waals surface area contributed by atoms with Gasteiger partial charge in [-0.3, -0.25) is 4.79 Å². The molecule has 0 heterocycles. The molecule has 0 aliphatic rings. The van der Waals surface area contributed by atoms with E-state index >= 15 is 0 Å². The number of amides is 1. The number of hydrogen-bond acceptors (Lipinski definition) is 4. The van der Waals surface area contributed by atoms with Crippen molar-refractivity contribution in [2.75, 3.05) is 6.54 Å². The Hall–Kier alpha value is -0.980. The molecule has 1 amide bonds. The molecule has 1 N–H and O–H groups in total. The average Bonchev–Trinajstić information content (AvgIpc) is 2.36. The molecule has 0 bridgehead atoms. The fourth-order valence-electron chi connectivity index (χ4n) is 1.41. The third-order valence-electron chi connectivity index (χ3n) is 2.39. The first kappa shape index (κ1) is 17.1. The maximum Gasteiger partial charge on any atom is 0.265 e. The highest BCUT2D eigenvalue weighted by Gasteiger charge is 2.21. The molecule has 1 aromatic carbocycles. The molecule has 0 spiro atoms. The lowest BCUT2D eigenvalue weighted by Crippen LogP contribution is -2.36. The van der Waals surface area contributed by atoms with E-state index in [1.807, 2.05) is 6.92 Å². The second-order valence-electron chi connectivity index (χ2n) is 4.08. The fourth-order valence-corrected chi connectivity index (χ4v) is 2.63. The first-order valence-electron chi connectivity index (χ1n) is 5.94. The van der Waals surface area contributed by atoms with Crippen molar-refractivity contribution in [1.29, 1.82) is 0 Å². The lowest BCUT2D eigenvalue weighted by Gasteiger charge is -2.16. The van der Waals surface area contributed by atoms with Gasteiger partial charge in [-0.15, -0.1) is 0 Å². The van der Waals surface area contributed by atoms with E-state index in [0.717, 1.165) is 6.42 Å². The van der Waals surface area contributed by atoms with Crippen LogP contribution in [0.5, 0.6) is 5.75 Å². The molecule has 0 aliphatic carbocycles. The van der Waals surface area contributed by atoms with Gasteiger partial charge in [-0.05, 0) is 31.5 Å². The van der Waals surface area contributed by atoms with Crippen LogP contribution >= 0.6 is 22.3 Å².